The van der Waals surface area contributed by atoms with Crippen molar-refractivity contribution in [3.63, 3.8) is 0 Å². The van der Waals surface area contributed by atoms with Crippen molar-refractivity contribution in [3.8, 4) is 0 Å². The van der Waals surface area contributed by atoms with Gasteiger partial charge >= 0.3 is 0 Å². The molecule has 1 heterocycles. The van der Waals surface area contributed by atoms with Crippen LogP contribution in [0.2, 0.25) is 0 Å². The van der Waals surface area contributed by atoms with Crippen molar-refractivity contribution in [2.45, 2.75) is 39.7 Å². The lowest BCUT2D eigenvalue weighted by atomic mass is 10.2. The number of rotatable bonds is 7. The average Bonchev–Trinajstić information content (AvgIpc) is 2.72. The molecular weight excluding hydrogens is 264 g/mol. The summed E-state index contributed by atoms with van der Waals surface area (Å²) >= 11 is 0. The van der Waals surface area contributed by atoms with Gasteiger partial charge in [-0.25, -0.2) is 8.42 Å². The van der Waals surface area contributed by atoms with E-state index in [1.807, 2.05) is 6.92 Å². The van der Waals surface area contributed by atoms with E-state index in [4.69, 9.17) is 0 Å². The molecule has 0 aromatic rings. The number of carbonyl (C=O) groups is 1. The molecule has 112 valence electrons. The summed E-state index contributed by atoms with van der Waals surface area (Å²) in [5.41, 5.74) is 0. The van der Waals surface area contributed by atoms with Gasteiger partial charge in [0, 0.05) is 25.6 Å². The first-order chi connectivity index (χ1) is 8.93. The largest absolute Gasteiger partial charge is 0.339 e. The predicted molar refractivity (Wildman–Crippen MR) is 76.9 cm³/mol. The molecule has 1 aliphatic rings. The Morgan fingerprint density at radius 1 is 1.16 bits per heavy atom. The normalized spacial score (nSPS) is 21.8. The topological polar surface area (TPSA) is 57.7 Å². The van der Waals surface area contributed by atoms with E-state index < -0.39 is 9.84 Å². The first kappa shape index (κ1) is 16.4. The Labute approximate surface area is 116 Å². The predicted octanol–water partition coefficient (Wildman–Crippen LogP) is 0.754. The molecule has 1 saturated heterocycles. The fourth-order valence-electron chi connectivity index (χ4n) is 2.60. The molecule has 0 aromatic heterocycles. The van der Waals surface area contributed by atoms with Crippen LogP contribution in [0.1, 0.15) is 33.6 Å². The summed E-state index contributed by atoms with van der Waals surface area (Å²) < 4.78 is 23.0. The van der Waals surface area contributed by atoms with Gasteiger partial charge in [-0.15, -0.1) is 0 Å². The molecule has 5 nitrogen and oxygen atoms in total. The van der Waals surface area contributed by atoms with Crippen LogP contribution in [-0.2, 0) is 14.6 Å². The number of nitrogens with zero attached hydrogens (tertiary/aromatic N) is 2. The fourth-order valence-corrected chi connectivity index (χ4v) is 4.33. The summed E-state index contributed by atoms with van der Waals surface area (Å²) in [6, 6.07) is -0.112. The maximum Gasteiger partial charge on any atom is 0.224 e. The molecule has 1 fully saturated rings. The minimum atomic E-state index is -2.93. The highest BCUT2D eigenvalue weighted by Gasteiger charge is 2.33. The maximum absolute atomic E-state index is 12.2. The lowest BCUT2D eigenvalue weighted by Crippen LogP contribution is -2.42. The Hall–Kier alpha value is -0.620. The number of sulfone groups is 1. The Morgan fingerprint density at radius 3 is 2.21 bits per heavy atom. The first-order valence-electron chi connectivity index (χ1n) is 7.15. The van der Waals surface area contributed by atoms with Crippen LogP contribution >= 0.6 is 0 Å². The van der Waals surface area contributed by atoms with Crippen molar-refractivity contribution in [3.05, 3.63) is 0 Å². The van der Waals surface area contributed by atoms with Crippen molar-refractivity contribution in [1.82, 2.24) is 9.80 Å². The van der Waals surface area contributed by atoms with Gasteiger partial charge in [0.1, 0.15) is 0 Å². The Bertz CT molecular complexity index is 391. The molecule has 1 amide bonds. The van der Waals surface area contributed by atoms with Crippen molar-refractivity contribution in [2.24, 2.45) is 0 Å². The van der Waals surface area contributed by atoms with Crippen LogP contribution in [-0.4, -0.2) is 67.9 Å². The number of hydrogen-bond donors (Lipinski definition) is 0. The fraction of sp³-hybridized carbons (Fsp3) is 0.923. The van der Waals surface area contributed by atoms with Gasteiger partial charge in [-0.2, -0.15) is 0 Å². The molecule has 0 spiro atoms. The second-order valence-corrected chi connectivity index (χ2v) is 7.24. The van der Waals surface area contributed by atoms with Crippen LogP contribution in [0, 0.1) is 0 Å². The quantitative estimate of drug-likeness (QED) is 0.694. The zero-order valence-corrected chi connectivity index (χ0v) is 13.1. The third kappa shape index (κ3) is 4.76. The molecular formula is C13H26N2O3S. The molecule has 0 saturated carbocycles. The van der Waals surface area contributed by atoms with Gasteiger partial charge in [0.25, 0.3) is 0 Å². The molecule has 1 rings (SSSR count). The highest BCUT2D eigenvalue weighted by Crippen LogP contribution is 2.18. The standard InChI is InChI=1S/C13H26N2O3S/c1-4-14(5-2)9-7-13(16)15(6-3)12-8-10-19(17,18)11-12/h12H,4-11H2,1-3H3. The summed E-state index contributed by atoms with van der Waals surface area (Å²) in [6.07, 6.45) is 1.07. The summed E-state index contributed by atoms with van der Waals surface area (Å²) in [6.45, 7) is 9.30. The molecule has 19 heavy (non-hydrogen) atoms. The van der Waals surface area contributed by atoms with E-state index >= 15 is 0 Å². The second kappa shape index (κ2) is 7.24. The molecule has 0 bridgehead atoms. The van der Waals surface area contributed by atoms with Gasteiger partial charge in [-0.05, 0) is 26.4 Å². The van der Waals surface area contributed by atoms with Crippen LogP contribution in [0.4, 0.5) is 0 Å². The molecule has 6 heteroatoms. The third-order valence-electron chi connectivity index (χ3n) is 3.85. The van der Waals surface area contributed by atoms with Crippen molar-refractivity contribution >= 4 is 15.7 Å². The van der Waals surface area contributed by atoms with Gasteiger partial charge < -0.3 is 9.80 Å². The molecule has 1 atom stereocenters. The molecule has 1 unspecified atom stereocenters. The van der Waals surface area contributed by atoms with Crippen molar-refractivity contribution in [1.29, 1.82) is 0 Å². The van der Waals surface area contributed by atoms with Gasteiger partial charge in [0.2, 0.25) is 5.91 Å². The number of amides is 1. The molecule has 0 N–H and O–H groups in total. The monoisotopic (exact) mass is 290 g/mol. The molecule has 1 aliphatic heterocycles. The van der Waals surface area contributed by atoms with Crippen LogP contribution in [0.25, 0.3) is 0 Å². The SMILES string of the molecule is CCN(CC)CCC(=O)N(CC)C1CCS(=O)(=O)C1. The minimum absolute atomic E-state index is 0.0801. The van der Waals surface area contributed by atoms with Crippen LogP contribution in [0.3, 0.4) is 0 Å². The molecule has 0 aromatic carbocycles. The summed E-state index contributed by atoms with van der Waals surface area (Å²) in [5, 5.41) is 0. The zero-order valence-electron chi connectivity index (χ0n) is 12.3. The van der Waals surface area contributed by atoms with Crippen LogP contribution < -0.4 is 0 Å². The van der Waals surface area contributed by atoms with E-state index in [2.05, 4.69) is 18.7 Å². The summed E-state index contributed by atoms with van der Waals surface area (Å²) in [5.74, 6) is 0.437. The minimum Gasteiger partial charge on any atom is -0.339 e. The van der Waals surface area contributed by atoms with E-state index in [1.54, 1.807) is 4.90 Å². The highest BCUT2D eigenvalue weighted by atomic mass is 32.2. The second-order valence-electron chi connectivity index (χ2n) is 5.01. The average molecular weight is 290 g/mol. The van der Waals surface area contributed by atoms with Crippen LogP contribution in [0.15, 0.2) is 0 Å². The van der Waals surface area contributed by atoms with Crippen LogP contribution in [0.5, 0.6) is 0 Å². The van der Waals surface area contributed by atoms with E-state index in [0.29, 0.717) is 19.4 Å². The summed E-state index contributed by atoms with van der Waals surface area (Å²) in [7, 11) is -2.93. The molecule has 0 radical (unpaired) electrons. The van der Waals surface area contributed by atoms with Crippen molar-refractivity contribution in [2.75, 3.05) is 37.7 Å². The van der Waals surface area contributed by atoms with Gasteiger partial charge in [0.05, 0.1) is 11.5 Å². The maximum atomic E-state index is 12.2. The highest BCUT2D eigenvalue weighted by molar-refractivity contribution is 7.91. The number of hydrogen-bond acceptors (Lipinski definition) is 4. The zero-order chi connectivity index (χ0) is 14.5. The smallest absolute Gasteiger partial charge is 0.224 e. The third-order valence-corrected chi connectivity index (χ3v) is 5.60. The van der Waals surface area contributed by atoms with Crippen molar-refractivity contribution < 1.29 is 13.2 Å². The van der Waals surface area contributed by atoms with Gasteiger partial charge in [-0.3, -0.25) is 4.79 Å². The number of carbonyl (C=O) groups excluding carboxylic acids is 1. The van der Waals surface area contributed by atoms with Gasteiger partial charge in [0.15, 0.2) is 9.84 Å². The Kier molecular flexibility index (Phi) is 6.26. The van der Waals surface area contributed by atoms with E-state index in [0.717, 1.165) is 19.6 Å². The van der Waals surface area contributed by atoms with E-state index in [1.165, 1.54) is 0 Å². The molecule has 0 aliphatic carbocycles. The van der Waals surface area contributed by atoms with Gasteiger partial charge in [-0.1, -0.05) is 13.8 Å². The summed E-state index contributed by atoms with van der Waals surface area (Å²) in [4.78, 5) is 16.2. The Morgan fingerprint density at radius 2 is 1.79 bits per heavy atom. The van der Waals surface area contributed by atoms with E-state index in [9.17, 15) is 13.2 Å². The van der Waals surface area contributed by atoms with E-state index in [-0.39, 0.29) is 23.5 Å². The Balaban J connectivity index is 2.53. The lowest BCUT2D eigenvalue weighted by Gasteiger charge is -2.28. The lowest BCUT2D eigenvalue weighted by molar-refractivity contribution is -0.133. The first-order valence-corrected chi connectivity index (χ1v) is 8.97.